The SMILES string of the molecule is Cc1cc([C@H](C)N)ccc1OCc1cccc(C#N)c1. The second kappa shape index (κ2) is 6.23. The summed E-state index contributed by atoms with van der Waals surface area (Å²) in [5, 5.41) is 8.87. The summed E-state index contributed by atoms with van der Waals surface area (Å²) >= 11 is 0. The summed E-state index contributed by atoms with van der Waals surface area (Å²) in [5.74, 6) is 0.844. The number of nitrogens with zero attached hydrogens (tertiary/aromatic N) is 1. The first-order valence-corrected chi connectivity index (χ1v) is 6.58. The van der Waals surface area contributed by atoms with Crippen LogP contribution in [-0.2, 0) is 6.61 Å². The molecule has 0 aliphatic carbocycles. The summed E-state index contributed by atoms with van der Waals surface area (Å²) in [5.41, 5.74) is 9.66. The van der Waals surface area contributed by atoms with Crippen molar-refractivity contribution in [3.05, 3.63) is 64.7 Å². The average Bonchev–Trinajstić information content (AvgIpc) is 2.46. The Morgan fingerprint density at radius 3 is 2.70 bits per heavy atom. The van der Waals surface area contributed by atoms with Gasteiger partial charge in [-0.3, -0.25) is 0 Å². The van der Waals surface area contributed by atoms with E-state index in [1.807, 2.05) is 50.2 Å². The summed E-state index contributed by atoms with van der Waals surface area (Å²) in [6, 6.07) is 15.6. The summed E-state index contributed by atoms with van der Waals surface area (Å²) in [7, 11) is 0. The molecule has 0 unspecified atom stereocenters. The Balaban J connectivity index is 2.09. The first-order valence-electron chi connectivity index (χ1n) is 6.58. The standard InChI is InChI=1S/C17H18N2O/c1-12-8-16(13(2)19)6-7-17(12)20-11-15-5-3-4-14(9-15)10-18/h3-9,13H,11,19H2,1-2H3/t13-/m0/s1. The van der Waals surface area contributed by atoms with Crippen LogP contribution in [0.15, 0.2) is 42.5 Å². The molecule has 20 heavy (non-hydrogen) atoms. The quantitative estimate of drug-likeness (QED) is 0.921. The van der Waals surface area contributed by atoms with E-state index in [0.717, 1.165) is 22.4 Å². The number of nitrogens with two attached hydrogens (primary N) is 1. The monoisotopic (exact) mass is 266 g/mol. The lowest BCUT2D eigenvalue weighted by Gasteiger charge is -2.12. The molecule has 0 spiro atoms. The fourth-order valence-electron chi connectivity index (χ4n) is 2.01. The van der Waals surface area contributed by atoms with Gasteiger partial charge < -0.3 is 10.5 Å². The lowest BCUT2D eigenvalue weighted by molar-refractivity contribution is 0.304. The summed E-state index contributed by atoms with van der Waals surface area (Å²) in [6.45, 7) is 4.42. The molecule has 0 amide bonds. The topological polar surface area (TPSA) is 59.0 Å². The molecule has 3 heteroatoms. The van der Waals surface area contributed by atoms with Crippen LogP contribution in [0.25, 0.3) is 0 Å². The highest BCUT2D eigenvalue weighted by Gasteiger charge is 2.05. The highest BCUT2D eigenvalue weighted by molar-refractivity contribution is 5.38. The van der Waals surface area contributed by atoms with Crippen LogP contribution in [0.1, 0.15) is 35.2 Å². The molecule has 102 valence electrons. The van der Waals surface area contributed by atoms with E-state index in [2.05, 4.69) is 6.07 Å². The molecule has 0 heterocycles. The molecule has 2 aromatic carbocycles. The lowest BCUT2D eigenvalue weighted by atomic mass is 10.1. The van der Waals surface area contributed by atoms with Crippen LogP contribution in [0.5, 0.6) is 5.75 Å². The smallest absolute Gasteiger partial charge is 0.122 e. The Hall–Kier alpha value is -2.31. The van der Waals surface area contributed by atoms with E-state index in [0.29, 0.717) is 12.2 Å². The molecule has 0 saturated carbocycles. The molecule has 2 rings (SSSR count). The third kappa shape index (κ3) is 3.37. The van der Waals surface area contributed by atoms with Gasteiger partial charge in [0.05, 0.1) is 11.6 Å². The van der Waals surface area contributed by atoms with Gasteiger partial charge in [-0.15, -0.1) is 0 Å². The summed E-state index contributed by atoms with van der Waals surface area (Å²) < 4.78 is 5.81. The highest BCUT2D eigenvalue weighted by Crippen LogP contribution is 2.22. The maximum absolute atomic E-state index is 8.87. The van der Waals surface area contributed by atoms with Crippen LogP contribution in [-0.4, -0.2) is 0 Å². The van der Waals surface area contributed by atoms with E-state index in [-0.39, 0.29) is 6.04 Å². The summed E-state index contributed by atoms with van der Waals surface area (Å²) in [4.78, 5) is 0. The molecule has 2 N–H and O–H groups in total. The molecule has 0 aliphatic rings. The largest absolute Gasteiger partial charge is 0.489 e. The van der Waals surface area contributed by atoms with Crippen molar-refractivity contribution < 1.29 is 4.74 Å². The van der Waals surface area contributed by atoms with Gasteiger partial charge in [0.15, 0.2) is 0 Å². The van der Waals surface area contributed by atoms with Gasteiger partial charge in [0.25, 0.3) is 0 Å². The van der Waals surface area contributed by atoms with Crippen molar-refractivity contribution in [2.75, 3.05) is 0 Å². The van der Waals surface area contributed by atoms with E-state index in [1.54, 1.807) is 6.07 Å². The zero-order chi connectivity index (χ0) is 14.5. The number of ether oxygens (including phenoxy) is 1. The number of hydrogen-bond acceptors (Lipinski definition) is 3. The molecule has 0 saturated heterocycles. The van der Waals surface area contributed by atoms with Crippen molar-refractivity contribution in [3.63, 3.8) is 0 Å². The van der Waals surface area contributed by atoms with Crippen LogP contribution >= 0.6 is 0 Å². The first-order chi connectivity index (χ1) is 9.60. The zero-order valence-corrected chi connectivity index (χ0v) is 11.8. The van der Waals surface area contributed by atoms with Crippen molar-refractivity contribution in [1.82, 2.24) is 0 Å². The first kappa shape index (κ1) is 14.1. The maximum Gasteiger partial charge on any atom is 0.122 e. The summed E-state index contributed by atoms with van der Waals surface area (Å²) in [6.07, 6.45) is 0. The molecule has 3 nitrogen and oxygen atoms in total. The van der Waals surface area contributed by atoms with E-state index >= 15 is 0 Å². The van der Waals surface area contributed by atoms with Crippen molar-refractivity contribution >= 4 is 0 Å². The van der Waals surface area contributed by atoms with Crippen molar-refractivity contribution in [3.8, 4) is 11.8 Å². The minimum Gasteiger partial charge on any atom is -0.489 e. The van der Waals surface area contributed by atoms with Crippen molar-refractivity contribution in [2.24, 2.45) is 5.73 Å². The zero-order valence-electron chi connectivity index (χ0n) is 11.8. The Labute approximate surface area is 119 Å². The molecule has 0 fully saturated rings. The highest BCUT2D eigenvalue weighted by atomic mass is 16.5. The van der Waals surface area contributed by atoms with Gasteiger partial charge >= 0.3 is 0 Å². The van der Waals surface area contributed by atoms with Gasteiger partial charge in [0, 0.05) is 6.04 Å². The van der Waals surface area contributed by atoms with Crippen LogP contribution in [0.4, 0.5) is 0 Å². The average molecular weight is 266 g/mol. The van der Waals surface area contributed by atoms with Crippen LogP contribution in [0, 0.1) is 18.3 Å². The van der Waals surface area contributed by atoms with E-state index in [4.69, 9.17) is 15.7 Å². The van der Waals surface area contributed by atoms with Crippen molar-refractivity contribution in [2.45, 2.75) is 26.5 Å². The Morgan fingerprint density at radius 2 is 2.05 bits per heavy atom. The van der Waals surface area contributed by atoms with Gasteiger partial charge in [0.1, 0.15) is 12.4 Å². The van der Waals surface area contributed by atoms with E-state index in [1.165, 1.54) is 0 Å². The van der Waals surface area contributed by atoms with Crippen molar-refractivity contribution in [1.29, 1.82) is 5.26 Å². The van der Waals surface area contributed by atoms with Crippen LogP contribution in [0.2, 0.25) is 0 Å². The fourth-order valence-corrected chi connectivity index (χ4v) is 2.01. The second-order valence-electron chi connectivity index (χ2n) is 4.91. The molecule has 0 bridgehead atoms. The van der Waals surface area contributed by atoms with Crippen LogP contribution < -0.4 is 10.5 Å². The molecule has 2 aromatic rings. The normalized spacial score (nSPS) is 11.7. The third-order valence-corrected chi connectivity index (χ3v) is 3.18. The van der Waals surface area contributed by atoms with Gasteiger partial charge in [-0.25, -0.2) is 0 Å². The predicted molar refractivity (Wildman–Crippen MR) is 79.3 cm³/mol. The third-order valence-electron chi connectivity index (χ3n) is 3.18. The number of benzene rings is 2. The molecule has 0 radical (unpaired) electrons. The molecular weight excluding hydrogens is 248 g/mol. The molecular formula is C17H18N2O. The van der Waals surface area contributed by atoms with E-state index in [9.17, 15) is 0 Å². The minimum absolute atomic E-state index is 0.0232. The number of nitriles is 1. The number of aryl methyl sites for hydroxylation is 1. The lowest BCUT2D eigenvalue weighted by Crippen LogP contribution is -2.05. The van der Waals surface area contributed by atoms with Gasteiger partial charge in [-0.2, -0.15) is 5.26 Å². The van der Waals surface area contributed by atoms with Gasteiger partial charge in [0.2, 0.25) is 0 Å². The Morgan fingerprint density at radius 1 is 1.25 bits per heavy atom. The van der Waals surface area contributed by atoms with Gasteiger partial charge in [-0.05, 0) is 48.7 Å². The molecule has 0 aliphatic heterocycles. The maximum atomic E-state index is 8.87. The fraction of sp³-hybridized carbons (Fsp3) is 0.235. The molecule has 0 aromatic heterocycles. The predicted octanol–water partition coefficient (Wildman–Crippen LogP) is 3.47. The Kier molecular flexibility index (Phi) is 4.39. The number of hydrogen-bond donors (Lipinski definition) is 1. The second-order valence-corrected chi connectivity index (χ2v) is 4.91. The van der Waals surface area contributed by atoms with Crippen LogP contribution in [0.3, 0.4) is 0 Å². The Bertz CT molecular complexity index is 642. The van der Waals surface area contributed by atoms with Gasteiger partial charge in [-0.1, -0.05) is 24.3 Å². The van der Waals surface area contributed by atoms with E-state index < -0.39 is 0 Å². The molecule has 1 atom stereocenters. The number of rotatable bonds is 4. The minimum atomic E-state index is 0.0232.